The molecule has 0 aliphatic heterocycles. The first-order valence-electron chi connectivity index (χ1n) is 6.54. The van der Waals surface area contributed by atoms with Crippen molar-refractivity contribution in [3.63, 3.8) is 0 Å². The number of hydrogen-bond acceptors (Lipinski definition) is 6. The fourth-order valence-corrected chi connectivity index (χ4v) is 2.64. The van der Waals surface area contributed by atoms with Crippen molar-refractivity contribution in [2.45, 2.75) is 26.2 Å². The van der Waals surface area contributed by atoms with E-state index in [1.807, 2.05) is 51.1 Å². The average molecular weight is 301 g/mol. The molecular formula is C14H15N5OS. The summed E-state index contributed by atoms with van der Waals surface area (Å²) in [6, 6.07) is 9.66. The molecule has 0 radical (unpaired) electrons. The Labute approximate surface area is 125 Å². The van der Waals surface area contributed by atoms with Crippen LogP contribution in [0.5, 0.6) is 0 Å². The topological polar surface area (TPSA) is 72.2 Å². The first-order chi connectivity index (χ1) is 9.95. The van der Waals surface area contributed by atoms with E-state index in [0.29, 0.717) is 15.8 Å². The lowest BCUT2D eigenvalue weighted by atomic mass is 9.93. The van der Waals surface area contributed by atoms with E-state index in [1.165, 1.54) is 15.9 Å². The minimum Gasteiger partial charge on any atom is -0.330 e. The van der Waals surface area contributed by atoms with Crippen molar-refractivity contribution in [3.8, 4) is 0 Å². The molecule has 2 heterocycles. The average Bonchev–Trinajstić information content (AvgIpc) is 2.82. The van der Waals surface area contributed by atoms with Crippen molar-refractivity contribution in [1.82, 2.24) is 19.8 Å². The Morgan fingerprint density at radius 2 is 1.86 bits per heavy atom. The van der Waals surface area contributed by atoms with Gasteiger partial charge in [-0.15, -0.1) is 15.3 Å². The van der Waals surface area contributed by atoms with E-state index in [0.717, 1.165) is 5.69 Å². The van der Waals surface area contributed by atoms with Gasteiger partial charge in [0.25, 0.3) is 5.56 Å². The Kier molecular flexibility index (Phi) is 3.21. The van der Waals surface area contributed by atoms with Crippen molar-refractivity contribution in [1.29, 1.82) is 0 Å². The Morgan fingerprint density at radius 3 is 2.52 bits per heavy atom. The Hall–Kier alpha value is -2.28. The number of rotatable bonds is 2. The van der Waals surface area contributed by atoms with Crippen LogP contribution in [-0.4, -0.2) is 19.8 Å². The Balaban J connectivity index is 2.05. The SMILES string of the molecule is CC(C)(C)c1nnc2sc(Nc3ccccc3)nn2c1=O. The molecule has 0 aliphatic rings. The van der Waals surface area contributed by atoms with Crippen molar-refractivity contribution in [2.75, 3.05) is 5.32 Å². The number of anilines is 2. The lowest BCUT2D eigenvalue weighted by Gasteiger charge is -2.14. The van der Waals surface area contributed by atoms with Crippen LogP contribution in [0.1, 0.15) is 26.5 Å². The van der Waals surface area contributed by atoms with Crippen LogP contribution in [-0.2, 0) is 5.41 Å². The summed E-state index contributed by atoms with van der Waals surface area (Å²) in [4.78, 5) is 12.9. The minimum absolute atomic E-state index is 0.218. The van der Waals surface area contributed by atoms with Crippen LogP contribution in [0.15, 0.2) is 35.1 Å². The van der Waals surface area contributed by atoms with Gasteiger partial charge in [-0.05, 0) is 12.1 Å². The highest BCUT2D eigenvalue weighted by Gasteiger charge is 2.23. The van der Waals surface area contributed by atoms with Gasteiger partial charge in [-0.25, -0.2) is 0 Å². The lowest BCUT2D eigenvalue weighted by molar-refractivity contribution is 0.542. The summed E-state index contributed by atoms with van der Waals surface area (Å²) in [5, 5.41) is 16.2. The third kappa shape index (κ3) is 2.64. The van der Waals surface area contributed by atoms with Gasteiger partial charge < -0.3 is 5.32 Å². The molecule has 21 heavy (non-hydrogen) atoms. The van der Waals surface area contributed by atoms with Gasteiger partial charge in [-0.3, -0.25) is 4.79 Å². The maximum atomic E-state index is 12.4. The Morgan fingerprint density at radius 1 is 1.14 bits per heavy atom. The number of aromatic nitrogens is 4. The molecule has 2 aromatic heterocycles. The van der Waals surface area contributed by atoms with E-state index in [9.17, 15) is 4.79 Å². The monoisotopic (exact) mass is 301 g/mol. The van der Waals surface area contributed by atoms with Gasteiger partial charge in [0.2, 0.25) is 10.1 Å². The minimum atomic E-state index is -0.359. The van der Waals surface area contributed by atoms with Gasteiger partial charge in [0.05, 0.1) is 0 Å². The molecule has 0 saturated heterocycles. The summed E-state index contributed by atoms with van der Waals surface area (Å²) in [5.41, 5.74) is 0.747. The van der Waals surface area contributed by atoms with Gasteiger partial charge in [-0.2, -0.15) is 4.52 Å². The molecule has 7 heteroatoms. The molecule has 3 aromatic rings. The van der Waals surface area contributed by atoms with E-state index in [1.54, 1.807) is 0 Å². The molecule has 0 aliphatic carbocycles. The zero-order chi connectivity index (χ0) is 15.0. The van der Waals surface area contributed by atoms with E-state index >= 15 is 0 Å². The summed E-state index contributed by atoms with van der Waals surface area (Å²) >= 11 is 1.29. The molecule has 0 saturated carbocycles. The Bertz CT molecular complexity index is 832. The number of para-hydroxylation sites is 1. The van der Waals surface area contributed by atoms with Crippen molar-refractivity contribution < 1.29 is 0 Å². The molecule has 6 nitrogen and oxygen atoms in total. The molecular weight excluding hydrogens is 286 g/mol. The number of benzene rings is 1. The molecule has 0 atom stereocenters. The maximum Gasteiger partial charge on any atom is 0.297 e. The zero-order valence-corrected chi connectivity index (χ0v) is 12.8. The van der Waals surface area contributed by atoms with Crippen molar-refractivity contribution in [2.24, 2.45) is 0 Å². The highest BCUT2D eigenvalue weighted by atomic mass is 32.1. The maximum absolute atomic E-state index is 12.4. The first kappa shape index (κ1) is 13.7. The van der Waals surface area contributed by atoms with Crippen LogP contribution in [0.4, 0.5) is 10.8 Å². The normalized spacial score (nSPS) is 11.8. The van der Waals surface area contributed by atoms with Gasteiger partial charge in [0, 0.05) is 11.1 Å². The molecule has 0 bridgehead atoms. The fourth-order valence-electron chi connectivity index (χ4n) is 1.88. The van der Waals surface area contributed by atoms with E-state index in [4.69, 9.17) is 0 Å². The van der Waals surface area contributed by atoms with Crippen LogP contribution in [0, 0.1) is 0 Å². The third-order valence-corrected chi connectivity index (χ3v) is 3.74. The fraction of sp³-hybridized carbons (Fsp3) is 0.286. The second-order valence-corrected chi connectivity index (χ2v) is 6.65. The van der Waals surface area contributed by atoms with Gasteiger partial charge >= 0.3 is 0 Å². The van der Waals surface area contributed by atoms with Gasteiger partial charge in [-0.1, -0.05) is 50.3 Å². The number of fused-ring (bicyclic) bond motifs is 1. The van der Waals surface area contributed by atoms with Crippen LogP contribution in [0.2, 0.25) is 0 Å². The third-order valence-electron chi connectivity index (χ3n) is 2.93. The molecule has 0 spiro atoms. The smallest absolute Gasteiger partial charge is 0.297 e. The summed E-state index contributed by atoms with van der Waals surface area (Å²) in [5.74, 6) is 0. The molecule has 108 valence electrons. The van der Waals surface area contributed by atoms with E-state index in [-0.39, 0.29) is 11.0 Å². The lowest BCUT2D eigenvalue weighted by Crippen LogP contribution is -2.30. The largest absolute Gasteiger partial charge is 0.330 e. The quantitative estimate of drug-likeness (QED) is 0.787. The van der Waals surface area contributed by atoms with Crippen molar-refractivity contribution in [3.05, 3.63) is 46.4 Å². The number of hydrogen-bond donors (Lipinski definition) is 1. The molecule has 0 unspecified atom stereocenters. The summed E-state index contributed by atoms with van der Waals surface area (Å²) in [6.45, 7) is 5.79. The summed E-state index contributed by atoms with van der Waals surface area (Å²) < 4.78 is 1.31. The van der Waals surface area contributed by atoms with Crippen LogP contribution in [0.3, 0.4) is 0 Å². The first-order valence-corrected chi connectivity index (χ1v) is 7.36. The molecule has 1 N–H and O–H groups in total. The molecule has 0 fully saturated rings. The van der Waals surface area contributed by atoms with Gasteiger partial charge in [0.15, 0.2) is 0 Å². The predicted octanol–water partition coefficient (Wildman–Crippen LogP) is 2.59. The predicted molar refractivity (Wildman–Crippen MR) is 83.4 cm³/mol. The summed E-state index contributed by atoms with van der Waals surface area (Å²) in [7, 11) is 0. The van der Waals surface area contributed by atoms with E-state index in [2.05, 4.69) is 20.6 Å². The molecule has 0 amide bonds. The van der Waals surface area contributed by atoms with Gasteiger partial charge in [0.1, 0.15) is 5.69 Å². The van der Waals surface area contributed by atoms with Crippen molar-refractivity contribution >= 4 is 27.1 Å². The second kappa shape index (κ2) is 4.92. The second-order valence-electron chi connectivity index (χ2n) is 5.70. The molecule has 3 rings (SSSR count). The number of nitrogens with zero attached hydrogens (tertiary/aromatic N) is 4. The highest BCUT2D eigenvalue weighted by molar-refractivity contribution is 7.20. The summed E-state index contributed by atoms with van der Waals surface area (Å²) in [6.07, 6.45) is 0. The molecule has 1 aromatic carbocycles. The van der Waals surface area contributed by atoms with Crippen LogP contribution >= 0.6 is 11.3 Å². The highest BCUT2D eigenvalue weighted by Crippen LogP contribution is 2.22. The van der Waals surface area contributed by atoms with E-state index < -0.39 is 0 Å². The zero-order valence-electron chi connectivity index (χ0n) is 12.0. The standard InChI is InChI=1S/C14H15N5OS/c1-14(2,3)10-11(20)19-13(17-16-10)21-12(18-19)15-9-7-5-4-6-8-9/h4-8H,1-3H3,(H,15,18). The van der Waals surface area contributed by atoms with Crippen LogP contribution in [0.25, 0.3) is 4.96 Å². The number of nitrogens with one attached hydrogen (secondary N) is 1. The van der Waals surface area contributed by atoms with Crippen LogP contribution < -0.4 is 10.9 Å².